The van der Waals surface area contributed by atoms with E-state index in [4.69, 9.17) is 0 Å². The Hall–Kier alpha value is -3.40. The summed E-state index contributed by atoms with van der Waals surface area (Å²) in [5.41, 5.74) is 4.63. The summed E-state index contributed by atoms with van der Waals surface area (Å²) in [6.07, 6.45) is 0. The molecular formula is C22H20N2O2. The third kappa shape index (κ3) is 3.81. The summed E-state index contributed by atoms with van der Waals surface area (Å²) in [6, 6.07) is 22.8. The Kier molecular flexibility index (Phi) is 5.13. The number of anilines is 2. The zero-order valence-corrected chi connectivity index (χ0v) is 14.7. The maximum absolute atomic E-state index is 12.9. The number of carbonyl (C=O) groups is 2. The molecule has 0 spiro atoms. The largest absolute Gasteiger partial charge is 0.326 e. The Morgan fingerprint density at radius 1 is 0.731 bits per heavy atom. The minimum absolute atomic E-state index is 0.147. The van der Waals surface area contributed by atoms with Gasteiger partial charge in [-0.2, -0.15) is 0 Å². The third-order valence-electron chi connectivity index (χ3n) is 4.15. The number of amides is 2. The number of hydrogen-bond donors (Lipinski definition) is 2. The summed E-state index contributed by atoms with van der Waals surface area (Å²) >= 11 is 0. The molecule has 0 aliphatic carbocycles. The smallest absolute Gasteiger partial charge is 0.256 e. The van der Waals surface area contributed by atoms with E-state index in [9.17, 15) is 9.59 Å². The van der Waals surface area contributed by atoms with Gasteiger partial charge in [-0.05, 0) is 41.8 Å². The number of carbonyl (C=O) groups excluding carboxylic acids is 2. The highest BCUT2D eigenvalue weighted by Gasteiger charge is 2.14. The first-order valence-electron chi connectivity index (χ1n) is 8.39. The van der Waals surface area contributed by atoms with Gasteiger partial charge in [0.25, 0.3) is 5.91 Å². The van der Waals surface area contributed by atoms with Gasteiger partial charge in [-0.15, -0.1) is 0 Å². The van der Waals surface area contributed by atoms with Crippen LogP contribution in [-0.4, -0.2) is 11.8 Å². The van der Waals surface area contributed by atoms with Crippen LogP contribution in [0.2, 0.25) is 0 Å². The van der Waals surface area contributed by atoms with Gasteiger partial charge in [0.2, 0.25) is 5.91 Å². The van der Waals surface area contributed by atoms with E-state index in [2.05, 4.69) is 10.6 Å². The number of rotatable bonds is 4. The van der Waals surface area contributed by atoms with E-state index >= 15 is 0 Å². The van der Waals surface area contributed by atoms with Crippen molar-refractivity contribution in [1.82, 2.24) is 0 Å². The van der Waals surface area contributed by atoms with Crippen LogP contribution in [0.15, 0.2) is 72.8 Å². The van der Waals surface area contributed by atoms with Crippen LogP contribution in [0, 0.1) is 6.92 Å². The van der Waals surface area contributed by atoms with Crippen LogP contribution in [0.4, 0.5) is 11.4 Å². The average Bonchev–Trinajstić information content (AvgIpc) is 2.65. The van der Waals surface area contributed by atoms with Gasteiger partial charge in [0, 0.05) is 23.9 Å². The summed E-state index contributed by atoms with van der Waals surface area (Å²) < 4.78 is 0. The Morgan fingerprint density at radius 2 is 1.35 bits per heavy atom. The van der Waals surface area contributed by atoms with Crippen molar-refractivity contribution < 1.29 is 9.59 Å². The molecule has 2 amide bonds. The molecule has 3 rings (SSSR count). The highest BCUT2D eigenvalue weighted by molar-refractivity contribution is 6.09. The maximum Gasteiger partial charge on any atom is 0.256 e. The molecule has 4 heteroatoms. The van der Waals surface area contributed by atoms with Gasteiger partial charge in [0.05, 0.1) is 0 Å². The molecule has 0 aliphatic heterocycles. The molecule has 130 valence electrons. The van der Waals surface area contributed by atoms with Gasteiger partial charge < -0.3 is 10.6 Å². The molecule has 0 aliphatic rings. The lowest BCUT2D eigenvalue weighted by molar-refractivity contribution is -0.114. The monoisotopic (exact) mass is 344 g/mol. The molecule has 3 aromatic rings. The predicted octanol–water partition coefficient (Wildman–Crippen LogP) is 4.87. The minimum atomic E-state index is -0.187. The molecule has 0 aromatic heterocycles. The fourth-order valence-electron chi connectivity index (χ4n) is 2.84. The second-order valence-electron chi connectivity index (χ2n) is 6.03. The molecule has 0 saturated heterocycles. The SMILES string of the molecule is CC(=O)Nc1cccc(NC(=O)c2ccccc2-c2ccccc2)c1C. The predicted molar refractivity (Wildman–Crippen MR) is 105 cm³/mol. The average molecular weight is 344 g/mol. The lowest BCUT2D eigenvalue weighted by atomic mass is 9.99. The van der Waals surface area contributed by atoms with Gasteiger partial charge in [0.1, 0.15) is 0 Å². The second kappa shape index (κ2) is 7.66. The molecule has 0 saturated carbocycles. The molecule has 3 aromatic carbocycles. The van der Waals surface area contributed by atoms with Gasteiger partial charge in [-0.25, -0.2) is 0 Å². The van der Waals surface area contributed by atoms with E-state index in [1.165, 1.54) is 6.92 Å². The summed E-state index contributed by atoms with van der Waals surface area (Å²) in [5.74, 6) is -0.335. The number of nitrogens with one attached hydrogen (secondary N) is 2. The van der Waals surface area contributed by atoms with Gasteiger partial charge >= 0.3 is 0 Å². The quantitative estimate of drug-likeness (QED) is 0.709. The zero-order chi connectivity index (χ0) is 18.5. The highest BCUT2D eigenvalue weighted by atomic mass is 16.2. The van der Waals surface area contributed by atoms with Crippen LogP contribution < -0.4 is 10.6 Å². The molecule has 0 atom stereocenters. The van der Waals surface area contributed by atoms with E-state index in [0.29, 0.717) is 16.9 Å². The molecule has 26 heavy (non-hydrogen) atoms. The van der Waals surface area contributed by atoms with E-state index in [-0.39, 0.29) is 11.8 Å². The van der Waals surface area contributed by atoms with E-state index in [0.717, 1.165) is 16.7 Å². The lowest BCUT2D eigenvalue weighted by Gasteiger charge is -2.14. The van der Waals surface area contributed by atoms with Crippen LogP contribution in [-0.2, 0) is 4.79 Å². The summed E-state index contributed by atoms with van der Waals surface area (Å²) in [4.78, 5) is 24.2. The van der Waals surface area contributed by atoms with Crippen molar-refractivity contribution in [3.05, 3.63) is 83.9 Å². The summed E-state index contributed by atoms with van der Waals surface area (Å²) in [7, 11) is 0. The topological polar surface area (TPSA) is 58.2 Å². The normalized spacial score (nSPS) is 10.2. The van der Waals surface area contributed by atoms with Crippen LogP contribution in [0.1, 0.15) is 22.8 Å². The zero-order valence-electron chi connectivity index (χ0n) is 14.7. The fraction of sp³-hybridized carbons (Fsp3) is 0.0909. The maximum atomic E-state index is 12.9. The van der Waals surface area contributed by atoms with Crippen molar-refractivity contribution in [3.63, 3.8) is 0 Å². The van der Waals surface area contributed by atoms with Crippen LogP contribution >= 0.6 is 0 Å². The summed E-state index contributed by atoms with van der Waals surface area (Å²) in [5, 5.41) is 5.73. The fourth-order valence-corrected chi connectivity index (χ4v) is 2.84. The van der Waals surface area contributed by atoms with Crippen LogP contribution in [0.5, 0.6) is 0 Å². The van der Waals surface area contributed by atoms with Gasteiger partial charge in [-0.3, -0.25) is 9.59 Å². The van der Waals surface area contributed by atoms with E-state index < -0.39 is 0 Å². The van der Waals surface area contributed by atoms with Gasteiger partial charge in [-0.1, -0.05) is 54.6 Å². The second-order valence-corrected chi connectivity index (χ2v) is 6.03. The van der Waals surface area contributed by atoms with Crippen molar-refractivity contribution in [2.45, 2.75) is 13.8 Å². The first-order valence-corrected chi connectivity index (χ1v) is 8.39. The van der Waals surface area contributed by atoms with Crippen molar-refractivity contribution in [3.8, 4) is 11.1 Å². The number of benzene rings is 3. The molecule has 4 nitrogen and oxygen atoms in total. The molecule has 0 fully saturated rings. The Balaban J connectivity index is 1.92. The van der Waals surface area contributed by atoms with Crippen molar-refractivity contribution >= 4 is 23.2 Å². The molecule has 0 heterocycles. The first-order chi connectivity index (χ1) is 12.6. The van der Waals surface area contributed by atoms with Crippen LogP contribution in [0.3, 0.4) is 0 Å². The standard InChI is InChI=1S/C22H20N2O2/c1-15-20(23-16(2)25)13-8-14-21(15)24-22(26)19-12-7-6-11-18(19)17-9-4-3-5-10-17/h3-14H,1-2H3,(H,23,25)(H,24,26). The Labute approximate surface area is 152 Å². The van der Waals surface area contributed by atoms with Crippen LogP contribution in [0.25, 0.3) is 11.1 Å². The summed E-state index contributed by atoms with van der Waals surface area (Å²) in [6.45, 7) is 3.32. The van der Waals surface area contributed by atoms with Crippen molar-refractivity contribution in [2.75, 3.05) is 10.6 Å². The molecule has 0 radical (unpaired) electrons. The molecule has 2 N–H and O–H groups in total. The Bertz CT molecular complexity index is 949. The molecular weight excluding hydrogens is 324 g/mol. The molecule has 0 unspecified atom stereocenters. The third-order valence-corrected chi connectivity index (χ3v) is 4.15. The minimum Gasteiger partial charge on any atom is -0.326 e. The molecule has 0 bridgehead atoms. The first kappa shape index (κ1) is 17.4. The van der Waals surface area contributed by atoms with E-state index in [1.54, 1.807) is 6.07 Å². The number of hydrogen-bond acceptors (Lipinski definition) is 2. The highest BCUT2D eigenvalue weighted by Crippen LogP contribution is 2.27. The Morgan fingerprint density at radius 3 is 2.04 bits per heavy atom. The van der Waals surface area contributed by atoms with Gasteiger partial charge in [0.15, 0.2) is 0 Å². The van der Waals surface area contributed by atoms with Crippen molar-refractivity contribution in [1.29, 1.82) is 0 Å². The lowest BCUT2D eigenvalue weighted by Crippen LogP contribution is -2.15. The van der Waals surface area contributed by atoms with Crippen molar-refractivity contribution in [2.24, 2.45) is 0 Å². The van der Waals surface area contributed by atoms with E-state index in [1.807, 2.05) is 73.7 Å².